The van der Waals surface area contributed by atoms with Crippen molar-refractivity contribution in [1.82, 2.24) is 51.3 Å². The van der Waals surface area contributed by atoms with Crippen LogP contribution in [-0.4, -0.2) is 153 Å². The molecule has 0 saturated heterocycles. The number of rotatable bonds is 22. The zero-order chi connectivity index (χ0) is 57.0. The number of aliphatic carboxylic acids is 1. The SMILES string of the molecule is CC[C@@]1(O)C(=O)OCc2c1cc1n(c2=O)Cc2c-1nc1cc(C)c(C)c3c1c2[C@@H](N(C)C(=O)[C@H](C)OCNC(=O)CNC(=O)[C@H](Cc1ccccc1)NC(=O)CNC(=O)CNC(=O)C(CNCC(=O)O)N1C(=O)C=CC1=O)CC3. The smallest absolute Gasteiger partial charge is 0.343 e. The van der Waals surface area contributed by atoms with E-state index in [1.165, 1.54) is 6.92 Å². The van der Waals surface area contributed by atoms with Crippen LogP contribution in [0.2, 0.25) is 0 Å². The van der Waals surface area contributed by atoms with E-state index in [1.807, 2.05) is 19.9 Å². The van der Waals surface area contributed by atoms with E-state index in [0.717, 1.165) is 45.4 Å². The first-order chi connectivity index (χ1) is 37.6. The van der Waals surface area contributed by atoms with E-state index in [1.54, 1.807) is 59.8 Å². The summed E-state index contributed by atoms with van der Waals surface area (Å²) in [6.07, 6.45) is 1.93. The van der Waals surface area contributed by atoms with Gasteiger partial charge in [-0.2, -0.15) is 0 Å². The number of hydrogen-bond donors (Lipinski definition) is 8. The van der Waals surface area contributed by atoms with Crippen LogP contribution in [0.4, 0.5) is 0 Å². The first-order valence-electron chi connectivity index (χ1n) is 25.5. The number of aryl methyl sites for hydroxylation is 2. The maximum atomic E-state index is 14.2. The maximum Gasteiger partial charge on any atom is 0.343 e. The van der Waals surface area contributed by atoms with Gasteiger partial charge in [0.15, 0.2) is 5.60 Å². The Hall–Kier alpha value is -8.68. The van der Waals surface area contributed by atoms with Gasteiger partial charge in [0, 0.05) is 48.7 Å². The highest BCUT2D eigenvalue weighted by Crippen LogP contribution is 2.47. The highest BCUT2D eigenvalue weighted by Gasteiger charge is 2.46. The Balaban J connectivity index is 0.862. The van der Waals surface area contributed by atoms with Gasteiger partial charge in [-0.1, -0.05) is 37.3 Å². The number of esters is 1. The number of cyclic esters (lactones) is 1. The fourth-order valence-corrected chi connectivity index (χ4v) is 10.4. The summed E-state index contributed by atoms with van der Waals surface area (Å²) < 4.78 is 12.7. The fraction of sp³-hybridized carbons (Fsp3) is 0.407. The second-order valence-electron chi connectivity index (χ2n) is 19.6. The summed E-state index contributed by atoms with van der Waals surface area (Å²) >= 11 is 0. The standard InChI is InChI=1S/C54H60N10O15/c1-6-54(77)34-18-38-48-32(24-63(38)52(75)33(34)25-78-53(54)76)47-37(13-12-31-28(3)27(2)16-35(61-48)46(31)47)62(5)51(74)29(4)79-26-59-41(66)21-57-49(72)36(17-30-10-8-7-9-11-30)60-42(67)22-56-40(65)20-58-50(73)39(19-55-23-45(70)71)64-43(68)14-15-44(64)69/h7-11,14-16,18,29,36-37,39,55,77H,6,12-13,17,19-26H2,1-5H3,(H,56,65)(H,57,72)(H,58,73)(H,59,66)(H,60,67)(H,70,71)/t29-,36-,37-,39?,54-/m0/s1. The van der Waals surface area contributed by atoms with E-state index in [9.17, 15) is 57.8 Å². The van der Waals surface area contributed by atoms with Crippen molar-refractivity contribution in [1.29, 1.82) is 0 Å². The lowest BCUT2D eigenvalue weighted by molar-refractivity contribution is -0.172. The number of hydrogen-bond acceptors (Lipinski definition) is 16. The summed E-state index contributed by atoms with van der Waals surface area (Å²) in [5.41, 5.74) is 4.99. The predicted molar refractivity (Wildman–Crippen MR) is 278 cm³/mol. The predicted octanol–water partition coefficient (Wildman–Crippen LogP) is -1.34. The van der Waals surface area contributed by atoms with Crippen molar-refractivity contribution in [3.05, 3.63) is 109 Å². The van der Waals surface area contributed by atoms with E-state index in [2.05, 4.69) is 31.9 Å². The van der Waals surface area contributed by atoms with Gasteiger partial charge in [0.05, 0.1) is 61.2 Å². The Morgan fingerprint density at radius 2 is 1.54 bits per heavy atom. The molecule has 0 radical (unpaired) electrons. The third-order valence-electron chi connectivity index (χ3n) is 14.7. The summed E-state index contributed by atoms with van der Waals surface area (Å²) in [7, 11) is 1.66. The molecule has 2 aromatic carbocycles. The molecule has 416 valence electrons. The molecule has 2 aromatic heterocycles. The molecular weight excluding hydrogens is 1030 g/mol. The summed E-state index contributed by atoms with van der Waals surface area (Å²) in [5, 5.41) is 35.8. The molecule has 8 amide bonds. The quantitative estimate of drug-likeness (QED) is 0.0226. The number of amides is 8. The molecule has 8 rings (SSSR count). The Morgan fingerprint density at radius 3 is 2.23 bits per heavy atom. The van der Waals surface area contributed by atoms with E-state index in [0.29, 0.717) is 40.2 Å². The zero-order valence-corrected chi connectivity index (χ0v) is 44.0. The number of carbonyl (C=O) groups is 10. The number of benzene rings is 2. The van der Waals surface area contributed by atoms with Crippen molar-refractivity contribution in [2.75, 3.05) is 46.5 Å². The number of likely N-dealkylation sites (N-methyl/N-ethyl adjacent to an activating group) is 1. The number of aliphatic hydroxyl groups is 1. The normalized spacial score (nSPS) is 17.9. The van der Waals surface area contributed by atoms with Crippen LogP contribution in [-0.2, 0) is 89.0 Å². The van der Waals surface area contributed by atoms with Gasteiger partial charge < -0.3 is 61.1 Å². The largest absolute Gasteiger partial charge is 0.480 e. The maximum absolute atomic E-state index is 14.2. The van der Waals surface area contributed by atoms with Crippen molar-refractivity contribution in [2.45, 2.75) is 96.4 Å². The van der Waals surface area contributed by atoms with Gasteiger partial charge in [0.2, 0.25) is 29.5 Å². The lowest BCUT2D eigenvalue weighted by atomic mass is 9.80. The molecule has 5 heterocycles. The van der Waals surface area contributed by atoms with Crippen molar-refractivity contribution in [3.8, 4) is 11.4 Å². The molecule has 5 atom stereocenters. The van der Waals surface area contributed by atoms with Crippen molar-refractivity contribution >= 4 is 70.1 Å². The number of carbonyl (C=O) groups excluding carboxylic acids is 9. The highest BCUT2D eigenvalue weighted by atomic mass is 16.6. The number of pyridine rings is 2. The molecule has 0 fully saturated rings. The number of nitrogens with one attached hydrogen (secondary N) is 6. The molecule has 79 heavy (non-hydrogen) atoms. The second kappa shape index (κ2) is 23.5. The minimum Gasteiger partial charge on any atom is -0.480 e. The number of carboxylic acid groups (broad SMARTS) is 1. The van der Waals surface area contributed by atoms with Crippen LogP contribution in [0.5, 0.6) is 0 Å². The Morgan fingerprint density at radius 1 is 0.873 bits per heavy atom. The number of carboxylic acids is 1. The molecule has 0 spiro atoms. The third kappa shape index (κ3) is 11.6. The van der Waals surface area contributed by atoms with Gasteiger partial charge >= 0.3 is 11.9 Å². The van der Waals surface area contributed by atoms with Crippen LogP contribution in [0.15, 0.2) is 59.4 Å². The van der Waals surface area contributed by atoms with Crippen molar-refractivity contribution in [2.24, 2.45) is 0 Å². The molecule has 4 aliphatic rings. The number of aromatic nitrogens is 2. The van der Waals surface area contributed by atoms with Crippen LogP contribution < -0.4 is 37.5 Å². The van der Waals surface area contributed by atoms with Gasteiger partial charge in [-0.05, 0) is 80.0 Å². The molecule has 0 saturated carbocycles. The lowest BCUT2D eigenvalue weighted by Gasteiger charge is -2.36. The summed E-state index contributed by atoms with van der Waals surface area (Å²) in [5.74, 6) is -8.21. The van der Waals surface area contributed by atoms with E-state index >= 15 is 0 Å². The lowest BCUT2D eigenvalue weighted by Crippen LogP contribution is -2.56. The molecule has 4 aromatic rings. The van der Waals surface area contributed by atoms with Crippen molar-refractivity contribution < 1.29 is 67.6 Å². The van der Waals surface area contributed by atoms with Gasteiger partial charge in [-0.15, -0.1) is 0 Å². The first kappa shape index (κ1) is 56.5. The Kier molecular flexibility index (Phi) is 16.8. The van der Waals surface area contributed by atoms with Crippen LogP contribution in [0, 0.1) is 13.8 Å². The van der Waals surface area contributed by atoms with Gasteiger partial charge in [-0.3, -0.25) is 52.8 Å². The van der Waals surface area contributed by atoms with Crippen LogP contribution in [0.1, 0.15) is 77.2 Å². The fourth-order valence-electron chi connectivity index (χ4n) is 10.4. The minimum absolute atomic E-state index is 0.0140. The molecule has 25 nitrogen and oxygen atoms in total. The summed E-state index contributed by atoms with van der Waals surface area (Å²) in [6, 6.07) is 9.02. The Labute approximate surface area is 451 Å². The van der Waals surface area contributed by atoms with Gasteiger partial charge in [0.1, 0.15) is 31.5 Å². The average molecular weight is 1090 g/mol. The topological polar surface area (TPSA) is 343 Å². The monoisotopic (exact) mass is 1090 g/mol. The molecule has 1 aliphatic carbocycles. The molecule has 25 heteroatoms. The van der Waals surface area contributed by atoms with E-state index in [-0.39, 0.29) is 37.1 Å². The van der Waals surface area contributed by atoms with Crippen molar-refractivity contribution in [3.63, 3.8) is 0 Å². The number of imide groups is 1. The van der Waals surface area contributed by atoms with E-state index in [4.69, 9.17) is 19.6 Å². The minimum atomic E-state index is -2.01. The number of nitrogens with zero attached hydrogens (tertiary/aromatic N) is 4. The zero-order valence-electron chi connectivity index (χ0n) is 44.0. The average Bonchev–Trinajstić information content (AvgIpc) is 4.19. The van der Waals surface area contributed by atoms with Crippen LogP contribution in [0.3, 0.4) is 0 Å². The first-order valence-corrected chi connectivity index (χ1v) is 25.5. The second-order valence-corrected chi connectivity index (χ2v) is 19.6. The summed E-state index contributed by atoms with van der Waals surface area (Å²) in [4.78, 5) is 149. The molecule has 1 unspecified atom stereocenters. The van der Waals surface area contributed by atoms with Crippen LogP contribution >= 0.6 is 0 Å². The highest BCUT2D eigenvalue weighted by molar-refractivity contribution is 6.15. The van der Waals surface area contributed by atoms with Gasteiger partial charge in [0.25, 0.3) is 23.3 Å². The molecular formula is C54H60N10O15. The third-order valence-corrected chi connectivity index (χ3v) is 14.7. The molecule has 3 aliphatic heterocycles. The number of fused-ring (bicyclic) bond motifs is 5. The Bertz CT molecular complexity index is 3290. The molecule has 0 bridgehead atoms. The molecule has 8 N–H and O–H groups in total. The number of ether oxygens (including phenoxy) is 2. The van der Waals surface area contributed by atoms with E-state index < -0.39 is 134 Å². The van der Waals surface area contributed by atoms with Crippen LogP contribution in [0.25, 0.3) is 22.3 Å². The summed E-state index contributed by atoms with van der Waals surface area (Å²) in [6.45, 7) is 3.71. The van der Waals surface area contributed by atoms with Gasteiger partial charge in [-0.25, -0.2) is 9.78 Å².